The first-order chi connectivity index (χ1) is 7.74. The Morgan fingerprint density at radius 2 is 2.12 bits per heavy atom. The van der Waals surface area contributed by atoms with Crippen LogP contribution >= 0.6 is 0 Å². The van der Waals surface area contributed by atoms with E-state index in [0.717, 1.165) is 0 Å². The van der Waals surface area contributed by atoms with Crippen LogP contribution in [0.4, 0.5) is 19.0 Å². The first-order valence-corrected chi connectivity index (χ1v) is 3.84. The third-order valence-electron chi connectivity index (χ3n) is 1.50. The minimum absolute atomic E-state index is 0.0623. The minimum atomic E-state index is -5.11. The zero-order valence-corrected chi connectivity index (χ0v) is 7.76. The lowest BCUT2D eigenvalue weighted by atomic mass is 10.2. The van der Waals surface area contributed by atoms with Crippen molar-refractivity contribution >= 4 is 12.1 Å². The van der Waals surface area contributed by atoms with Gasteiger partial charge in [-0.05, 0) is 4.92 Å². The molecular formula is C7H3F3N2O5. The molecule has 1 rings (SSSR count). The molecular weight excluding hydrogens is 249 g/mol. The summed E-state index contributed by atoms with van der Waals surface area (Å²) in [7, 11) is 0. The molecule has 1 aromatic heterocycles. The lowest BCUT2D eigenvalue weighted by molar-refractivity contribution is -0.391. The van der Waals surface area contributed by atoms with Crippen LogP contribution in [0.2, 0.25) is 0 Å². The highest BCUT2D eigenvalue weighted by Crippen LogP contribution is 2.31. The molecule has 0 spiro atoms. The van der Waals surface area contributed by atoms with Gasteiger partial charge in [0, 0.05) is 11.1 Å². The SMILES string of the molecule is O=Cc1cc(OC(F)(F)F)nc([N+](=O)[O-])c1O. The summed E-state index contributed by atoms with van der Waals surface area (Å²) in [5.74, 6) is -3.63. The van der Waals surface area contributed by atoms with Crippen LogP contribution in [0.3, 0.4) is 0 Å². The number of ether oxygens (including phenoxy) is 1. The van der Waals surface area contributed by atoms with Crippen molar-refractivity contribution in [3.05, 3.63) is 21.7 Å². The van der Waals surface area contributed by atoms with E-state index in [9.17, 15) is 28.1 Å². The largest absolute Gasteiger partial charge is 0.575 e. The van der Waals surface area contributed by atoms with Crippen molar-refractivity contribution in [2.75, 3.05) is 0 Å². The van der Waals surface area contributed by atoms with Gasteiger partial charge in [0.1, 0.15) is 0 Å². The average Bonchev–Trinajstić information content (AvgIpc) is 2.17. The van der Waals surface area contributed by atoms with Gasteiger partial charge in [-0.1, -0.05) is 0 Å². The number of nitrogens with zero attached hydrogens (tertiary/aromatic N) is 2. The first kappa shape index (κ1) is 12.7. The van der Waals surface area contributed by atoms with Crippen molar-refractivity contribution in [3.8, 4) is 11.6 Å². The van der Waals surface area contributed by atoms with Crippen molar-refractivity contribution in [2.45, 2.75) is 6.36 Å². The van der Waals surface area contributed by atoms with Crippen LogP contribution < -0.4 is 4.74 Å². The standard InChI is InChI=1S/C7H3F3N2O5/c8-7(9,10)17-4-1-3(2-13)5(14)6(11-4)12(15)16/h1-2,14H. The molecule has 0 aromatic carbocycles. The van der Waals surface area contributed by atoms with E-state index in [0.29, 0.717) is 6.07 Å². The number of hydrogen-bond acceptors (Lipinski definition) is 6. The molecule has 0 aliphatic heterocycles. The van der Waals surface area contributed by atoms with E-state index >= 15 is 0 Å². The molecule has 0 unspecified atom stereocenters. The summed E-state index contributed by atoms with van der Waals surface area (Å²) in [5.41, 5.74) is -0.731. The van der Waals surface area contributed by atoms with Gasteiger partial charge in [-0.3, -0.25) is 4.79 Å². The fourth-order valence-electron chi connectivity index (χ4n) is 0.908. The number of aromatic nitrogens is 1. The second-order valence-corrected chi connectivity index (χ2v) is 2.64. The van der Waals surface area contributed by atoms with Crippen LogP contribution in [-0.2, 0) is 0 Å². The number of nitro groups is 1. The summed E-state index contributed by atoms with van der Waals surface area (Å²) in [6.07, 6.45) is -5.18. The molecule has 1 aromatic rings. The van der Waals surface area contributed by atoms with Gasteiger partial charge in [0.05, 0.1) is 5.56 Å². The van der Waals surface area contributed by atoms with E-state index in [-0.39, 0.29) is 6.29 Å². The molecule has 0 aliphatic rings. The lowest BCUT2D eigenvalue weighted by Crippen LogP contribution is -2.18. The van der Waals surface area contributed by atoms with Crippen LogP contribution in [0.5, 0.6) is 11.6 Å². The van der Waals surface area contributed by atoms with Crippen LogP contribution in [0.25, 0.3) is 0 Å². The molecule has 7 nitrogen and oxygen atoms in total. The predicted molar refractivity (Wildman–Crippen MR) is 44.6 cm³/mol. The molecule has 0 radical (unpaired) electrons. The van der Waals surface area contributed by atoms with Crippen molar-refractivity contribution in [3.63, 3.8) is 0 Å². The summed E-state index contributed by atoms with van der Waals surface area (Å²) < 4.78 is 38.8. The molecule has 1 N–H and O–H groups in total. The molecule has 0 saturated carbocycles. The fourth-order valence-corrected chi connectivity index (χ4v) is 0.908. The quantitative estimate of drug-likeness (QED) is 0.495. The predicted octanol–water partition coefficient (Wildman–Crippen LogP) is 1.41. The maximum atomic E-state index is 11.8. The fraction of sp³-hybridized carbons (Fsp3) is 0.143. The number of carbonyl (C=O) groups is 1. The molecule has 10 heteroatoms. The smallest absolute Gasteiger partial charge is 0.500 e. The number of aldehydes is 1. The van der Waals surface area contributed by atoms with Gasteiger partial charge in [-0.15, -0.1) is 13.2 Å². The highest BCUT2D eigenvalue weighted by atomic mass is 19.4. The van der Waals surface area contributed by atoms with E-state index in [1.54, 1.807) is 0 Å². The highest BCUT2D eigenvalue weighted by molar-refractivity contribution is 5.81. The van der Waals surface area contributed by atoms with Gasteiger partial charge in [0.2, 0.25) is 5.75 Å². The minimum Gasteiger partial charge on any atom is -0.500 e. The Balaban J connectivity index is 3.30. The Hall–Kier alpha value is -2.39. The highest BCUT2D eigenvalue weighted by Gasteiger charge is 2.35. The van der Waals surface area contributed by atoms with Crippen molar-refractivity contribution < 1.29 is 32.7 Å². The van der Waals surface area contributed by atoms with Crippen molar-refractivity contribution in [1.82, 2.24) is 4.98 Å². The van der Waals surface area contributed by atoms with E-state index in [1.807, 2.05) is 0 Å². The molecule has 92 valence electrons. The van der Waals surface area contributed by atoms with Gasteiger partial charge in [0.15, 0.2) is 6.29 Å². The topological polar surface area (TPSA) is 103 Å². The summed E-state index contributed by atoms with van der Waals surface area (Å²) in [6, 6.07) is 0.433. The van der Waals surface area contributed by atoms with Crippen LogP contribution in [0.15, 0.2) is 6.07 Å². The molecule has 0 aliphatic carbocycles. The maximum absolute atomic E-state index is 11.8. The van der Waals surface area contributed by atoms with Crippen molar-refractivity contribution in [1.29, 1.82) is 0 Å². The second kappa shape index (κ2) is 4.23. The van der Waals surface area contributed by atoms with Crippen LogP contribution in [0, 0.1) is 10.1 Å². The van der Waals surface area contributed by atoms with Crippen LogP contribution in [0.1, 0.15) is 10.4 Å². The van der Waals surface area contributed by atoms with E-state index in [2.05, 4.69) is 9.72 Å². The molecule has 0 bridgehead atoms. The Kier molecular flexibility index (Phi) is 3.16. The number of halogens is 3. The number of pyridine rings is 1. The number of aromatic hydroxyl groups is 1. The average molecular weight is 252 g/mol. The lowest BCUT2D eigenvalue weighted by Gasteiger charge is -2.06. The monoisotopic (exact) mass is 252 g/mol. The number of hydrogen-bond donors (Lipinski definition) is 1. The van der Waals surface area contributed by atoms with E-state index < -0.39 is 34.3 Å². The van der Waals surface area contributed by atoms with E-state index in [4.69, 9.17) is 5.11 Å². The van der Waals surface area contributed by atoms with Crippen LogP contribution in [-0.4, -0.2) is 27.7 Å². The third-order valence-corrected chi connectivity index (χ3v) is 1.50. The summed E-state index contributed by atoms with van der Waals surface area (Å²) >= 11 is 0. The molecule has 0 atom stereocenters. The Bertz CT molecular complexity index is 473. The number of alkyl halides is 3. The molecule has 17 heavy (non-hydrogen) atoms. The number of carbonyl (C=O) groups excluding carboxylic acids is 1. The maximum Gasteiger partial charge on any atom is 0.575 e. The molecule has 0 fully saturated rings. The normalized spacial score (nSPS) is 11.0. The third kappa shape index (κ3) is 3.03. The molecule has 1 heterocycles. The van der Waals surface area contributed by atoms with Gasteiger partial charge in [-0.2, -0.15) is 0 Å². The van der Waals surface area contributed by atoms with Gasteiger partial charge in [0.25, 0.3) is 0 Å². The summed E-state index contributed by atoms with van der Waals surface area (Å²) in [4.78, 5) is 22.3. The van der Waals surface area contributed by atoms with Gasteiger partial charge in [-0.25, -0.2) is 0 Å². The zero-order chi connectivity index (χ0) is 13.2. The number of rotatable bonds is 3. The Morgan fingerprint density at radius 1 is 1.53 bits per heavy atom. The van der Waals surface area contributed by atoms with Crippen molar-refractivity contribution in [2.24, 2.45) is 0 Å². The second-order valence-electron chi connectivity index (χ2n) is 2.64. The van der Waals surface area contributed by atoms with Gasteiger partial charge < -0.3 is 20.0 Å². The molecule has 0 amide bonds. The van der Waals surface area contributed by atoms with Gasteiger partial charge >= 0.3 is 18.1 Å². The summed E-state index contributed by atoms with van der Waals surface area (Å²) in [5, 5.41) is 19.4. The summed E-state index contributed by atoms with van der Waals surface area (Å²) in [6.45, 7) is 0. The molecule has 0 saturated heterocycles. The Labute approximate surface area is 90.6 Å². The Morgan fingerprint density at radius 3 is 2.53 bits per heavy atom. The van der Waals surface area contributed by atoms with E-state index in [1.165, 1.54) is 0 Å². The zero-order valence-electron chi connectivity index (χ0n) is 7.76. The first-order valence-electron chi connectivity index (χ1n) is 3.84.